The highest BCUT2D eigenvalue weighted by Crippen LogP contribution is 2.29. The van der Waals surface area contributed by atoms with Gasteiger partial charge in [-0.3, -0.25) is 14.6 Å². The molecule has 1 atom stereocenters. The molecule has 2 saturated heterocycles. The number of halogens is 2. The van der Waals surface area contributed by atoms with Gasteiger partial charge in [-0.15, -0.1) is 0 Å². The van der Waals surface area contributed by atoms with E-state index in [1.807, 2.05) is 30.3 Å². The average molecular weight is 428 g/mol. The van der Waals surface area contributed by atoms with E-state index in [1.165, 1.54) is 17.0 Å². The molecular weight excluding hydrogens is 402 g/mol. The molecular formula is C23H26F2N4O2. The van der Waals surface area contributed by atoms with Crippen LogP contribution in [0.1, 0.15) is 24.0 Å². The molecule has 2 fully saturated rings. The third-order valence-electron chi connectivity index (χ3n) is 5.90. The van der Waals surface area contributed by atoms with E-state index in [-0.39, 0.29) is 19.1 Å². The molecule has 6 nitrogen and oxygen atoms in total. The molecule has 0 radical (unpaired) electrons. The number of carbonyl (C=O) groups excluding carboxylic acids is 2. The lowest BCUT2D eigenvalue weighted by Crippen LogP contribution is -2.58. The third-order valence-corrected chi connectivity index (χ3v) is 5.90. The molecule has 0 aromatic heterocycles. The third kappa shape index (κ3) is 4.60. The van der Waals surface area contributed by atoms with Crippen LogP contribution in [-0.4, -0.2) is 59.0 Å². The van der Waals surface area contributed by atoms with Gasteiger partial charge in [0.25, 0.3) is 5.91 Å². The van der Waals surface area contributed by atoms with E-state index >= 15 is 0 Å². The molecule has 0 saturated carbocycles. The Hall–Kier alpha value is -2.84. The number of nitrogens with one attached hydrogen (secondary N) is 1. The van der Waals surface area contributed by atoms with E-state index in [1.54, 1.807) is 11.9 Å². The van der Waals surface area contributed by atoms with Gasteiger partial charge in [0.05, 0.1) is 6.67 Å². The summed E-state index contributed by atoms with van der Waals surface area (Å²) in [6.45, 7) is 2.22. The Labute approximate surface area is 180 Å². The fourth-order valence-electron chi connectivity index (χ4n) is 4.43. The van der Waals surface area contributed by atoms with E-state index < -0.39 is 23.2 Å². The van der Waals surface area contributed by atoms with Crippen LogP contribution in [0.3, 0.4) is 0 Å². The molecule has 2 aromatic rings. The van der Waals surface area contributed by atoms with E-state index in [0.717, 1.165) is 31.1 Å². The van der Waals surface area contributed by atoms with Crippen LogP contribution in [0, 0.1) is 11.6 Å². The highest BCUT2D eigenvalue weighted by Gasteiger charge is 2.53. The first-order valence-corrected chi connectivity index (χ1v) is 10.4. The lowest BCUT2D eigenvalue weighted by Gasteiger charge is -2.38. The Bertz CT molecular complexity index is 971. The Morgan fingerprint density at radius 1 is 1.13 bits per heavy atom. The van der Waals surface area contributed by atoms with Crippen LogP contribution < -0.4 is 5.32 Å². The highest BCUT2D eigenvalue weighted by molar-refractivity contribution is 6.07. The number of nitrogens with zero attached hydrogens (tertiary/aromatic N) is 3. The number of amides is 3. The lowest BCUT2D eigenvalue weighted by atomic mass is 9.88. The van der Waals surface area contributed by atoms with E-state index in [2.05, 4.69) is 10.2 Å². The summed E-state index contributed by atoms with van der Waals surface area (Å²) in [5.74, 6) is -1.54. The summed E-state index contributed by atoms with van der Waals surface area (Å²) in [7, 11) is 1.69. The van der Waals surface area contributed by atoms with Gasteiger partial charge >= 0.3 is 6.03 Å². The van der Waals surface area contributed by atoms with E-state index in [9.17, 15) is 18.4 Å². The first kappa shape index (κ1) is 21.4. The van der Waals surface area contributed by atoms with Crippen LogP contribution in [0.5, 0.6) is 0 Å². The molecule has 2 aromatic carbocycles. The number of hydrogen-bond acceptors (Lipinski definition) is 4. The zero-order valence-electron chi connectivity index (χ0n) is 17.5. The number of likely N-dealkylation sites (tertiary alicyclic amines) is 1. The van der Waals surface area contributed by atoms with Gasteiger partial charge in [0.15, 0.2) is 0 Å². The van der Waals surface area contributed by atoms with Crippen molar-refractivity contribution in [3.05, 3.63) is 71.3 Å². The largest absolute Gasteiger partial charge is 0.326 e. The molecule has 164 valence electrons. The fraction of sp³-hybridized carbons (Fsp3) is 0.391. The van der Waals surface area contributed by atoms with Crippen molar-refractivity contribution < 1.29 is 18.4 Å². The number of benzene rings is 2. The van der Waals surface area contributed by atoms with Gasteiger partial charge in [0.2, 0.25) is 0 Å². The first-order valence-electron chi connectivity index (χ1n) is 10.4. The molecule has 1 unspecified atom stereocenters. The van der Waals surface area contributed by atoms with Crippen LogP contribution in [-0.2, 0) is 17.9 Å². The van der Waals surface area contributed by atoms with Crippen LogP contribution in [0.15, 0.2) is 48.5 Å². The second kappa shape index (κ2) is 8.72. The SMILES string of the molecule is CN(Cc1ccc(F)cc1F)CN1C(=O)NC2(CCCN(Cc3ccccc3)C2)C1=O. The van der Waals surface area contributed by atoms with Crippen LogP contribution in [0.2, 0.25) is 0 Å². The highest BCUT2D eigenvalue weighted by atomic mass is 19.1. The van der Waals surface area contributed by atoms with Crippen molar-refractivity contribution in [2.45, 2.75) is 31.5 Å². The summed E-state index contributed by atoms with van der Waals surface area (Å²) in [4.78, 5) is 30.9. The predicted molar refractivity (Wildman–Crippen MR) is 112 cm³/mol. The van der Waals surface area contributed by atoms with Crippen LogP contribution in [0.4, 0.5) is 13.6 Å². The van der Waals surface area contributed by atoms with Crippen molar-refractivity contribution in [2.24, 2.45) is 0 Å². The minimum atomic E-state index is -0.925. The molecule has 4 rings (SSSR count). The Morgan fingerprint density at radius 2 is 1.90 bits per heavy atom. The normalized spacial score (nSPS) is 21.9. The minimum absolute atomic E-state index is 0.0297. The van der Waals surface area contributed by atoms with Crippen molar-refractivity contribution >= 4 is 11.9 Å². The molecule has 0 bridgehead atoms. The number of hydrogen-bond donors (Lipinski definition) is 1. The molecule has 1 N–H and O–H groups in total. The maximum Gasteiger partial charge on any atom is 0.326 e. The number of carbonyl (C=O) groups is 2. The fourth-order valence-corrected chi connectivity index (χ4v) is 4.43. The Morgan fingerprint density at radius 3 is 2.65 bits per heavy atom. The van der Waals surface area contributed by atoms with Crippen molar-refractivity contribution in [3.8, 4) is 0 Å². The average Bonchev–Trinajstić information content (AvgIpc) is 2.95. The van der Waals surface area contributed by atoms with Gasteiger partial charge in [-0.1, -0.05) is 36.4 Å². The standard InChI is InChI=1S/C23H26F2N4O2/c1-27(14-18-8-9-19(24)12-20(18)25)16-29-21(30)23(26-22(29)31)10-5-11-28(15-23)13-17-6-3-2-4-7-17/h2-4,6-9,12H,5,10-11,13-16H2,1H3,(H,26,31). The second-order valence-corrected chi connectivity index (χ2v) is 8.44. The quantitative estimate of drug-likeness (QED) is 0.719. The maximum absolute atomic E-state index is 14.0. The van der Waals surface area contributed by atoms with Gasteiger partial charge in [0, 0.05) is 31.3 Å². The van der Waals surface area contributed by atoms with Gasteiger partial charge in [-0.25, -0.2) is 18.5 Å². The van der Waals surface area contributed by atoms with Gasteiger partial charge in [0.1, 0.15) is 17.2 Å². The first-order chi connectivity index (χ1) is 14.9. The Balaban J connectivity index is 1.41. The number of piperidine rings is 1. The summed E-state index contributed by atoms with van der Waals surface area (Å²) >= 11 is 0. The molecule has 1 spiro atoms. The molecule has 2 aliphatic rings. The molecule has 2 heterocycles. The van der Waals surface area contributed by atoms with E-state index in [0.29, 0.717) is 18.5 Å². The zero-order chi connectivity index (χ0) is 22.0. The molecule has 31 heavy (non-hydrogen) atoms. The van der Waals surface area contributed by atoms with Crippen LogP contribution >= 0.6 is 0 Å². The van der Waals surface area contributed by atoms with Crippen molar-refractivity contribution in [2.75, 3.05) is 26.8 Å². The van der Waals surface area contributed by atoms with Crippen molar-refractivity contribution in [3.63, 3.8) is 0 Å². The summed E-state index contributed by atoms with van der Waals surface area (Å²) < 4.78 is 27.1. The molecule has 2 aliphatic heterocycles. The van der Waals surface area contributed by atoms with Gasteiger partial charge < -0.3 is 5.32 Å². The van der Waals surface area contributed by atoms with Crippen molar-refractivity contribution in [1.82, 2.24) is 20.0 Å². The van der Waals surface area contributed by atoms with E-state index in [4.69, 9.17) is 0 Å². The van der Waals surface area contributed by atoms with Gasteiger partial charge in [-0.05, 0) is 38.1 Å². The van der Waals surface area contributed by atoms with Crippen LogP contribution in [0.25, 0.3) is 0 Å². The summed E-state index contributed by atoms with van der Waals surface area (Å²) in [5, 5.41) is 2.92. The number of rotatable bonds is 6. The summed E-state index contributed by atoms with van der Waals surface area (Å²) in [6.07, 6.45) is 1.40. The number of urea groups is 1. The second-order valence-electron chi connectivity index (χ2n) is 8.44. The lowest BCUT2D eigenvalue weighted by molar-refractivity contribution is -0.134. The molecule has 3 amide bonds. The monoisotopic (exact) mass is 428 g/mol. The minimum Gasteiger partial charge on any atom is -0.322 e. The Kier molecular flexibility index (Phi) is 6.02. The predicted octanol–water partition coefficient (Wildman–Crippen LogP) is 2.94. The topological polar surface area (TPSA) is 55.9 Å². The molecule has 0 aliphatic carbocycles. The zero-order valence-corrected chi connectivity index (χ0v) is 17.5. The van der Waals surface area contributed by atoms with Crippen molar-refractivity contribution in [1.29, 1.82) is 0 Å². The smallest absolute Gasteiger partial charge is 0.322 e. The summed E-state index contributed by atoms with van der Waals surface area (Å²) in [5.41, 5.74) is 0.540. The van der Waals surface area contributed by atoms with Gasteiger partial charge in [-0.2, -0.15) is 0 Å². The summed E-state index contributed by atoms with van der Waals surface area (Å²) in [6, 6.07) is 13.0. The maximum atomic E-state index is 14.0. The number of imide groups is 1. The molecule has 8 heteroatoms.